The number of hydrogen-bond donors (Lipinski definition) is 2. The standard InChI is InChI=1S/C25H21N3O3S/c1-16-8-10-18(24-26-21-15-19(30-2)11-12-22(21)31-24)14-20(16)27-25(32)28-23(29)13-9-17-6-4-3-5-7-17/h3-15H,1-2H3,(H2,27,28,29,32). The number of nitrogens with one attached hydrogen (secondary N) is 2. The predicted octanol–water partition coefficient (Wildman–Crippen LogP) is 5.34. The van der Waals surface area contributed by atoms with Gasteiger partial charge in [0.25, 0.3) is 0 Å². The second-order valence-electron chi connectivity index (χ2n) is 7.07. The Kier molecular flexibility index (Phi) is 6.28. The molecular weight excluding hydrogens is 422 g/mol. The molecule has 0 aliphatic carbocycles. The highest BCUT2D eigenvalue weighted by atomic mass is 32.1. The number of benzene rings is 3. The van der Waals surface area contributed by atoms with E-state index in [1.54, 1.807) is 13.2 Å². The highest BCUT2D eigenvalue weighted by Gasteiger charge is 2.12. The zero-order valence-electron chi connectivity index (χ0n) is 17.6. The van der Waals surface area contributed by atoms with Gasteiger partial charge in [0.15, 0.2) is 10.7 Å². The number of methoxy groups -OCH3 is 1. The van der Waals surface area contributed by atoms with Gasteiger partial charge in [0.2, 0.25) is 11.8 Å². The van der Waals surface area contributed by atoms with Crippen molar-refractivity contribution in [3.8, 4) is 17.2 Å². The molecule has 160 valence electrons. The van der Waals surface area contributed by atoms with Crippen LogP contribution in [0.3, 0.4) is 0 Å². The molecule has 0 aliphatic rings. The first-order chi connectivity index (χ1) is 15.5. The van der Waals surface area contributed by atoms with E-state index >= 15 is 0 Å². The molecular formula is C25H21N3O3S. The van der Waals surface area contributed by atoms with Gasteiger partial charge < -0.3 is 14.5 Å². The lowest BCUT2D eigenvalue weighted by Gasteiger charge is -2.11. The molecule has 2 N–H and O–H groups in total. The number of hydrogen-bond acceptors (Lipinski definition) is 5. The quantitative estimate of drug-likeness (QED) is 0.320. The number of amides is 1. The minimum atomic E-state index is -0.312. The van der Waals surface area contributed by atoms with Crippen LogP contribution in [0.25, 0.3) is 28.6 Å². The maximum atomic E-state index is 12.2. The Bertz CT molecular complexity index is 1310. The van der Waals surface area contributed by atoms with Crippen molar-refractivity contribution in [3.63, 3.8) is 0 Å². The van der Waals surface area contributed by atoms with Crippen LogP contribution in [-0.4, -0.2) is 23.1 Å². The molecule has 32 heavy (non-hydrogen) atoms. The van der Waals surface area contributed by atoms with E-state index < -0.39 is 0 Å². The molecule has 7 heteroatoms. The third kappa shape index (κ3) is 5.01. The minimum absolute atomic E-state index is 0.204. The Morgan fingerprint density at radius 3 is 2.69 bits per heavy atom. The van der Waals surface area contributed by atoms with E-state index in [-0.39, 0.29) is 11.0 Å². The summed E-state index contributed by atoms with van der Waals surface area (Å²) >= 11 is 5.31. The van der Waals surface area contributed by atoms with Gasteiger partial charge in [0, 0.05) is 23.4 Å². The summed E-state index contributed by atoms with van der Waals surface area (Å²) in [5.41, 5.74) is 4.81. The summed E-state index contributed by atoms with van der Waals surface area (Å²) in [5, 5.41) is 5.94. The van der Waals surface area contributed by atoms with Crippen molar-refractivity contribution in [1.29, 1.82) is 0 Å². The van der Waals surface area contributed by atoms with Crippen LogP contribution >= 0.6 is 12.2 Å². The van der Waals surface area contributed by atoms with Gasteiger partial charge in [-0.3, -0.25) is 10.1 Å². The van der Waals surface area contributed by atoms with Crippen LogP contribution in [-0.2, 0) is 4.79 Å². The monoisotopic (exact) mass is 443 g/mol. The molecule has 4 aromatic rings. The zero-order valence-corrected chi connectivity index (χ0v) is 18.4. The van der Waals surface area contributed by atoms with Crippen LogP contribution in [0.15, 0.2) is 77.2 Å². The molecule has 1 heterocycles. The summed E-state index contributed by atoms with van der Waals surface area (Å²) in [5.74, 6) is 0.885. The van der Waals surface area contributed by atoms with Crippen molar-refractivity contribution >= 4 is 46.1 Å². The smallest absolute Gasteiger partial charge is 0.250 e. The first-order valence-corrected chi connectivity index (χ1v) is 10.3. The Morgan fingerprint density at radius 1 is 1.09 bits per heavy atom. The number of carbonyl (C=O) groups excluding carboxylic acids is 1. The number of aryl methyl sites for hydroxylation is 1. The number of aromatic nitrogens is 1. The van der Waals surface area contributed by atoms with Crippen LogP contribution in [0.2, 0.25) is 0 Å². The van der Waals surface area contributed by atoms with Gasteiger partial charge in [-0.1, -0.05) is 36.4 Å². The molecule has 0 unspecified atom stereocenters. The Labute approximate surface area is 190 Å². The number of carbonyl (C=O) groups is 1. The molecule has 0 aliphatic heterocycles. The summed E-state index contributed by atoms with van der Waals surface area (Å²) in [7, 11) is 1.61. The van der Waals surface area contributed by atoms with Gasteiger partial charge >= 0.3 is 0 Å². The van der Waals surface area contributed by atoms with Crippen molar-refractivity contribution in [2.45, 2.75) is 6.92 Å². The van der Waals surface area contributed by atoms with Crippen LogP contribution in [0.5, 0.6) is 5.75 Å². The van der Waals surface area contributed by atoms with Crippen molar-refractivity contribution in [1.82, 2.24) is 10.3 Å². The average Bonchev–Trinajstić information content (AvgIpc) is 3.23. The molecule has 0 fully saturated rings. The number of nitrogens with zero attached hydrogens (tertiary/aromatic N) is 1. The molecule has 6 nitrogen and oxygen atoms in total. The maximum Gasteiger partial charge on any atom is 0.250 e. The average molecular weight is 444 g/mol. The number of oxazole rings is 1. The molecule has 4 rings (SSSR count). The molecule has 1 amide bonds. The lowest BCUT2D eigenvalue weighted by atomic mass is 10.1. The molecule has 3 aromatic carbocycles. The number of anilines is 1. The number of fused-ring (bicyclic) bond motifs is 1. The lowest BCUT2D eigenvalue weighted by Crippen LogP contribution is -2.33. The molecule has 0 atom stereocenters. The van der Waals surface area contributed by atoms with Gasteiger partial charge in [-0.25, -0.2) is 4.98 Å². The van der Waals surface area contributed by atoms with Crippen LogP contribution in [0, 0.1) is 6.92 Å². The molecule has 0 radical (unpaired) electrons. The van der Waals surface area contributed by atoms with Crippen molar-refractivity contribution in [3.05, 3.63) is 83.9 Å². The summed E-state index contributed by atoms with van der Waals surface area (Å²) in [6, 6.07) is 20.8. The zero-order chi connectivity index (χ0) is 22.5. The third-order valence-electron chi connectivity index (χ3n) is 4.79. The maximum absolute atomic E-state index is 12.2. The lowest BCUT2D eigenvalue weighted by molar-refractivity contribution is -0.115. The molecule has 0 saturated heterocycles. The van der Waals surface area contributed by atoms with E-state index in [9.17, 15) is 4.79 Å². The topological polar surface area (TPSA) is 76.4 Å². The highest BCUT2D eigenvalue weighted by Crippen LogP contribution is 2.29. The van der Waals surface area contributed by atoms with Gasteiger partial charge in [0.05, 0.1) is 7.11 Å². The van der Waals surface area contributed by atoms with Crippen molar-refractivity contribution in [2.75, 3.05) is 12.4 Å². The minimum Gasteiger partial charge on any atom is -0.497 e. The number of thiocarbonyl (C=S) groups is 1. The van der Waals surface area contributed by atoms with E-state index in [1.807, 2.05) is 73.7 Å². The second-order valence-corrected chi connectivity index (χ2v) is 7.48. The van der Waals surface area contributed by atoms with Crippen LogP contribution in [0.4, 0.5) is 5.69 Å². The third-order valence-corrected chi connectivity index (χ3v) is 5.00. The molecule has 0 saturated carbocycles. The summed E-state index contributed by atoms with van der Waals surface area (Å²) < 4.78 is 11.1. The summed E-state index contributed by atoms with van der Waals surface area (Å²) in [6.45, 7) is 1.95. The largest absolute Gasteiger partial charge is 0.497 e. The molecule has 0 bridgehead atoms. The van der Waals surface area contributed by atoms with Crippen molar-refractivity contribution < 1.29 is 13.9 Å². The SMILES string of the molecule is COc1ccc2oc(-c3ccc(C)c(NC(=S)NC(=O)C=Cc4ccccc4)c3)nc2c1. The predicted molar refractivity (Wildman–Crippen MR) is 131 cm³/mol. The Balaban J connectivity index is 1.47. The Hall–Kier alpha value is -3.97. The van der Waals surface area contributed by atoms with E-state index in [1.165, 1.54) is 6.08 Å². The van der Waals surface area contributed by atoms with Crippen molar-refractivity contribution in [2.24, 2.45) is 0 Å². The second kappa shape index (κ2) is 9.45. The molecule has 1 aromatic heterocycles. The fraction of sp³-hybridized carbons (Fsp3) is 0.0800. The van der Waals surface area contributed by atoms with E-state index in [2.05, 4.69) is 15.6 Å². The van der Waals surface area contributed by atoms with Gasteiger partial charge in [0.1, 0.15) is 11.3 Å². The van der Waals surface area contributed by atoms with Gasteiger partial charge in [-0.2, -0.15) is 0 Å². The van der Waals surface area contributed by atoms with E-state index in [0.717, 1.165) is 22.4 Å². The number of ether oxygens (including phenoxy) is 1. The highest BCUT2D eigenvalue weighted by molar-refractivity contribution is 7.80. The van der Waals surface area contributed by atoms with E-state index in [4.69, 9.17) is 21.4 Å². The van der Waals surface area contributed by atoms with Gasteiger partial charge in [-0.15, -0.1) is 0 Å². The fourth-order valence-electron chi connectivity index (χ4n) is 3.09. The summed E-state index contributed by atoms with van der Waals surface area (Å²) in [4.78, 5) is 16.7. The first kappa shape index (κ1) is 21.3. The van der Waals surface area contributed by atoms with Gasteiger partial charge in [-0.05, 0) is 60.6 Å². The summed E-state index contributed by atoms with van der Waals surface area (Å²) in [6.07, 6.45) is 3.17. The molecule has 0 spiro atoms. The van der Waals surface area contributed by atoms with E-state index in [0.29, 0.717) is 22.7 Å². The first-order valence-electron chi connectivity index (χ1n) is 9.92. The fourth-order valence-corrected chi connectivity index (χ4v) is 3.30. The van der Waals surface area contributed by atoms with Crippen LogP contribution in [0.1, 0.15) is 11.1 Å². The Morgan fingerprint density at radius 2 is 1.91 bits per heavy atom. The van der Waals surface area contributed by atoms with Crippen LogP contribution < -0.4 is 15.4 Å². The normalized spacial score (nSPS) is 10.9. The number of rotatable bonds is 5.